The van der Waals surface area contributed by atoms with Gasteiger partial charge in [-0.1, -0.05) is 18.6 Å². The Labute approximate surface area is 143 Å². The van der Waals surface area contributed by atoms with Crippen molar-refractivity contribution >= 4 is 12.4 Å². The van der Waals surface area contributed by atoms with Gasteiger partial charge in [-0.15, -0.1) is 12.4 Å². The molecule has 1 saturated carbocycles. The van der Waals surface area contributed by atoms with E-state index in [0.29, 0.717) is 30.1 Å². The molecule has 1 aromatic rings. The van der Waals surface area contributed by atoms with E-state index in [1.165, 1.54) is 25.3 Å². The van der Waals surface area contributed by atoms with Crippen LogP contribution in [0.1, 0.15) is 30.4 Å². The lowest BCUT2D eigenvalue weighted by Crippen LogP contribution is -2.50. The van der Waals surface area contributed by atoms with E-state index < -0.39 is 0 Å². The fourth-order valence-electron chi connectivity index (χ4n) is 3.66. The van der Waals surface area contributed by atoms with E-state index >= 15 is 0 Å². The van der Waals surface area contributed by atoms with Crippen LogP contribution in [0.25, 0.3) is 0 Å². The maximum absolute atomic E-state index is 13.7. The number of halogens is 2. The second-order valence-corrected chi connectivity index (χ2v) is 6.30. The zero-order valence-corrected chi connectivity index (χ0v) is 14.1. The third-order valence-electron chi connectivity index (χ3n) is 4.89. The van der Waals surface area contributed by atoms with Crippen LogP contribution in [0, 0.1) is 11.7 Å². The summed E-state index contributed by atoms with van der Waals surface area (Å²) in [5.74, 6) is 0.258. The molecular formula is C17H26ClFN2O2. The van der Waals surface area contributed by atoms with Gasteiger partial charge in [0.15, 0.2) is 0 Å². The Kier molecular flexibility index (Phi) is 7.24. The highest BCUT2D eigenvalue weighted by atomic mass is 35.5. The van der Waals surface area contributed by atoms with Crippen molar-refractivity contribution in [3.63, 3.8) is 0 Å². The van der Waals surface area contributed by atoms with Crippen molar-refractivity contribution in [3.8, 4) is 0 Å². The lowest BCUT2D eigenvalue weighted by molar-refractivity contribution is 0.0524. The minimum absolute atomic E-state index is 0. The summed E-state index contributed by atoms with van der Waals surface area (Å²) in [5.41, 5.74) is 1.28. The molecule has 2 aliphatic rings. The van der Waals surface area contributed by atoms with E-state index in [1.807, 2.05) is 6.07 Å². The third-order valence-corrected chi connectivity index (χ3v) is 4.89. The standard InChI is InChI=1S/C17H25FN2O2.ClH/c18-15-8-12(4-5-13(15)10-21)9-20-16-3-1-2-14(16)17-11-22-7-6-19-17;/h4-5,8,14,16-17,19-21H,1-3,6-7,9-11H2;1H. The van der Waals surface area contributed by atoms with E-state index in [2.05, 4.69) is 10.6 Å². The van der Waals surface area contributed by atoms with Gasteiger partial charge in [0.25, 0.3) is 0 Å². The Balaban J connectivity index is 0.00000192. The molecule has 3 rings (SSSR count). The molecule has 130 valence electrons. The average molecular weight is 345 g/mol. The van der Waals surface area contributed by atoms with Crippen LogP contribution in [0.4, 0.5) is 4.39 Å². The molecule has 2 fully saturated rings. The Hall–Kier alpha value is -0.720. The summed E-state index contributed by atoms with van der Waals surface area (Å²) in [6.07, 6.45) is 3.62. The number of rotatable bonds is 5. The minimum atomic E-state index is -0.327. The van der Waals surface area contributed by atoms with Crippen LogP contribution >= 0.6 is 12.4 Å². The van der Waals surface area contributed by atoms with Crippen molar-refractivity contribution in [1.29, 1.82) is 0 Å². The van der Waals surface area contributed by atoms with Crippen LogP contribution in [0.2, 0.25) is 0 Å². The zero-order chi connectivity index (χ0) is 15.4. The molecule has 1 heterocycles. The molecule has 3 unspecified atom stereocenters. The molecule has 1 aliphatic heterocycles. The summed E-state index contributed by atoms with van der Waals surface area (Å²) >= 11 is 0. The summed E-state index contributed by atoms with van der Waals surface area (Å²) < 4.78 is 19.3. The SMILES string of the molecule is Cl.OCc1ccc(CNC2CCCC2C2COCCN2)cc1F. The van der Waals surface area contributed by atoms with Gasteiger partial charge in [0.2, 0.25) is 0 Å². The minimum Gasteiger partial charge on any atom is -0.392 e. The third kappa shape index (κ3) is 4.64. The Bertz CT molecular complexity index is 497. The number of benzene rings is 1. The normalized spacial score (nSPS) is 27.7. The zero-order valence-electron chi connectivity index (χ0n) is 13.3. The molecule has 1 aliphatic carbocycles. The first-order valence-electron chi connectivity index (χ1n) is 8.20. The van der Waals surface area contributed by atoms with E-state index in [9.17, 15) is 4.39 Å². The molecule has 3 N–H and O–H groups in total. The van der Waals surface area contributed by atoms with Crippen LogP contribution in [0.3, 0.4) is 0 Å². The van der Waals surface area contributed by atoms with Crippen LogP contribution in [-0.4, -0.2) is 36.9 Å². The van der Waals surface area contributed by atoms with Crippen LogP contribution < -0.4 is 10.6 Å². The van der Waals surface area contributed by atoms with Gasteiger partial charge in [0, 0.05) is 30.7 Å². The maximum Gasteiger partial charge on any atom is 0.129 e. The summed E-state index contributed by atoms with van der Waals surface area (Å²) in [4.78, 5) is 0. The lowest BCUT2D eigenvalue weighted by Gasteiger charge is -2.33. The predicted molar refractivity (Wildman–Crippen MR) is 90.1 cm³/mol. The Morgan fingerprint density at radius 2 is 2.22 bits per heavy atom. The quantitative estimate of drug-likeness (QED) is 0.764. The number of aliphatic hydroxyl groups excluding tert-OH is 1. The van der Waals surface area contributed by atoms with Crippen molar-refractivity contribution in [2.75, 3.05) is 19.8 Å². The van der Waals surface area contributed by atoms with Gasteiger partial charge in [0.05, 0.1) is 19.8 Å². The topological polar surface area (TPSA) is 53.5 Å². The highest BCUT2D eigenvalue weighted by Gasteiger charge is 2.34. The van der Waals surface area contributed by atoms with Crippen LogP contribution in [-0.2, 0) is 17.9 Å². The lowest BCUT2D eigenvalue weighted by atomic mass is 9.94. The average Bonchev–Trinajstić information content (AvgIpc) is 3.02. The number of nitrogens with one attached hydrogen (secondary N) is 2. The smallest absolute Gasteiger partial charge is 0.129 e. The van der Waals surface area contributed by atoms with Gasteiger partial charge in [-0.2, -0.15) is 0 Å². The summed E-state index contributed by atoms with van der Waals surface area (Å²) in [7, 11) is 0. The van der Waals surface area contributed by atoms with Gasteiger partial charge in [-0.3, -0.25) is 0 Å². The molecule has 23 heavy (non-hydrogen) atoms. The number of hydrogen-bond acceptors (Lipinski definition) is 4. The van der Waals surface area contributed by atoms with Gasteiger partial charge in [-0.05, 0) is 30.4 Å². The number of morpholine rings is 1. The van der Waals surface area contributed by atoms with Gasteiger partial charge >= 0.3 is 0 Å². The van der Waals surface area contributed by atoms with E-state index in [4.69, 9.17) is 9.84 Å². The van der Waals surface area contributed by atoms with E-state index in [0.717, 1.165) is 25.3 Å². The molecular weight excluding hydrogens is 319 g/mol. The first kappa shape index (κ1) is 18.6. The molecule has 1 saturated heterocycles. The van der Waals surface area contributed by atoms with Gasteiger partial charge in [0.1, 0.15) is 5.82 Å². The molecule has 6 heteroatoms. The largest absolute Gasteiger partial charge is 0.392 e. The second-order valence-electron chi connectivity index (χ2n) is 6.30. The number of ether oxygens (including phenoxy) is 1. The Morgan fingerprint density at radius 3 is 2.91 bits per heavy atom. The summed E-state index contributed by atoms with van der Waals surface area (Å²) in [5, 5.41) is 16.2. The first-order chi connectivity index (χ1) is 10.8. The maximum atomic E-state index is 13.7. The molecule has 0 amide bonds. The van der Waals surface area contributed by atoms with E-state index in [-0.39, 0.29) is 24.8 Å². The van der Waals surface area contributed by atoms with Gasteiger partial charge in [-0.25, -0.2) is 4.39 Å². The molecule has 1 aromatic carbocycles. The molecule has 0 spiro atoms. The van der Waals surface area contributed by atoms with Crippen molar-refractivity contribution < 1.29 is 14.2 Å². The molecule has 3 atom stereocenters. The highest BCUT2D eigenvalue weighted by Crippen LogP contribution is 2.29. The number of hydrogen-bond donors (Lipinski definition) is 3. The molecule has 0 aromatic heterocycles. The first-order valence-corrected chi connectivity index (χ1v) is 8.20. The second kappa shape index (κ2) is 8.94. The fourth-order valence-corrected chi connectivity index (χ4v) is 3.66. The fraction of sp³-hybridized carbons (Fsp3) is 0.647. The van der Waals surface area contributed by atoms with Crippen molar-refractivity contribution in [2.24, 2.45) is 5.92 Å². The van der Waals surface area contributed by atoms with Crippen LogP contribution in [0.15, 0.2) is 18.2 Å². The summed E-state index contributed by atoms with van der Waals surface area (Å²) in [6, 6.07) is 5.95. The van der Waals surface area contributed by atoms with Crippen molar-refractivity contribution in [1.82, 2.24) is 10.6 Å². The molecule has 0 bridgehead atoms. The number of aliphatic hydroxyl groups is 1. The predicted octanol–water partition coefficient (Wildman–Crippen LogP) is 1.99. The van der Waals surface area contributed by atoms with Crippen LogP contribution in [0.5, 0.6) is 0 Å². The molecule has 0 radical (unpaired) electrons. The summed E-state index contributed by atoms with van der Waals surface area (Å²) in [6.45, 7) is 2.94. The van der Waals surface area contributed by atoms with Crippen molar-refractivity contribution in [2.45, 2.75) is 44.5 Å². The van der Waals surface area contributed by atoms with Crippen molar-refractivity contribution in [3.05, 3.63) is 35.1 Å². The Morgan fingerprint density at radius 1 is 1.35 bits per heavy atom. The van der Waals surface area contributed by atoms with E-state index in [1.54, 1.807) is 6.07 Å². The molecule has 4 nitrogen and oxygen atoms in total. The monoisotopic (exact) mass is 344 g/mol. The van der Waals surface area contributed by atoms with Gasteiger partial charge < -0.3 is 20.5 Å². The highest BCUT2D eigenvalue weighted by molar-refractivity contribution is 5.85.